The average molecular weight is 273 g/mol. The monoisotopic (exact) mass is 273 g/mol. The van der Waals surface area contributed by atoms with E-state index in [4.69, 9.17) is 4.52 Å². The molecule has 5 nitrogen and oxygen atoms in total. The van der Waals surface area contributed by atoms with Crippen molar-refractivity contribution in [3.8, 4) is 0 Å². The number of nitrogens with one attached hydrogen (secondary N) is 2. The first-order valence-electron chi connectivity index (χ1n) is 6.51. The van der Waals surface area contributed by atoms with Gasteiger partial charge in [-0.15, -0.1) is 0 Å². The molecule has 2 N–H and O–H groups in total. The van der Waals surface area contributed by atoms with Crippen molar-refractivity contribution in [3.63, 3.8) is 0 Å². The molecule has 1 heterocycles. The van der Waals surface area contributed by atoms with E-state index in [1.165, 1.54) is 0 Å². The van der Waals surface area contributed by atoms with Crippen LogP contribution in [0.3, 0.4) is 0 Å². The normalized spacial score (nSPS) is 11.2. The number of nitrogens with zero attached hydrogens (tertiary/aromatic N) is 1. The van der Waals surface area contributed by atoms with Gasteiger partial charge in [0.2, 0.25) is 0 Å². The minimum absolute atomic E-state index is 0.132. The maximum absolute atomic E-state index is 11.7. The number of carbonyl (C=O) groups excluding carboxylic acids is 1. The van der Waals surface area contributed by atoms with Crippen molar-refractivity contribution in [2.24, 2.45) is 0 Å². The maximum atomic E-state index is 11.7. The standard InChI is InChI=1S/C15H19N3O2/c1-15(2,3)12-9-13(18-20-12)17-14(19)16-10-11-7-5-4-6-8-11/h4-9H,10H2,1-3H3,(H2,16,17,18,19). The van der Waals surface area contributed by atoms with Crippen LogP contribution in [0.1, 0.15) is 32.1 Å². The molecule has 0 atom stereocenters. The number of amides is 2. The molecule has 0 radical (unpaired) electrons. The highest BCUT2D eigenvalue weighted by Gasteiger charge is 2.20. The first-order chi connectivity index (χ1) is 9.45. The van der Waals surface area contributed by atoms with Gasteiger partial charge in [-0.1, -0.05) is 56.3 Å². The van der Waals surface area contributed by atoms with Gasteiger partial charge in [0.05, 0.1) is 0 Å². The summed E-state index contributed by atoms with van der Waals surface area (Å²) in [6, 6.07) is 11.1. The van der Waals surface area contributed by atoms with Gasteiger partial charge in [0.1, 0.15) is 5.76 Å². The molecule has 0 saturated heterocycles. The molecule has 20 heavy (non-hydrogen) atoms. The quantitative estimate of drug-likeness (QED) is 0.901. The van der Waals surface area contributed by atoms with Crippen LogP contribution in [0.2, 0.25) is 0 Å². The Hall–Kier alpha value is -2.30. The van der Waals surface area contributed by atoms with Gasteiger partial charge in [0, 0.05) is 18.0 Å². The third kappa shape index (κ3) is 3.85. The first kappa shape index (κ1) is 14.1. The van der Waals surface area contributed by atoms with E-state index in [1.807, 2.05) is 51.1 Å². The van der Waals surface area contributed by atoms with Crippen molar-refractivity contribution >= 4 is 11.8 Å². The van der Waals surface area contributed by atoms with Crippen LogP contribution >= 0.6 is 0 Å². The van der Waals surface area contributed by atoms with E-state index < -0.39 is 0 Å². The van der Waals surface area contributed by atoms with Crippen molar-refractivity contribution in [2.45, 2.75) is 32.7 Å². The molecule has 2 rings (SSSR count). The van der Waals surface area contributed by atoms with Crippen molar-refractivity contribution < 1.29 is 9.32 Å². The van der Waals surface area contributed by atoms with Gasteiger partial charge in [-0.25, -0.2) is 4.79 Å². The van der Waals surface area contributed by atoms with E-state index in [0.717, 1.165) is 11.3 Å². The summed E-state index contributed by atoms with van der Waals surface area (Å²) >= 11 is 0. The molecule has 106 valence electrons. The van der Waals surface area contributed by atoms with Gasteiger partial charge in [-0.05, 0) is 5.56 Å². The Kier molecular flexibility index (Phi) is 4.08. The molecule has 0 fully saturated rings. The minimum Gasteiger partial charge on any atom is -0.359 e. The highest BCUT2D eigenvalue weighted by Crippen LogP contribution is 2.24. The number of hydrogen-bond donors (Lipinski definition) is 2. The lowest BCUT2D eigenvalue weighted by Gasteiger charge is -2.12. The van der Waals surface area contributed by atoms with Crippen molar-refractivity contribution in [2.75, 3.05) is 5.32 Å². The lowest BCUT2D eigenvalue weighted by Crippen LogP contribution is -2.28. The lowest BCUT2D eigenvalue weighted by molar-refractivity contribution is 0.251. The molecular weight excluding hydrogens is 254 g/mol. The summed E-state index contributed by atoms with van der Waals surface area (Å²) in [5, 5.41) is 9.24. The highest BCUT2D eigenvalue weighted by atomic mass is 16.5. The van der Waals surface area contributed by atoms with Crippen molar-refractivity contribution in [3.05, 3.63) is 47.7 Å². The molecule has 0 saturated carbocycles. The highest BCUT2D eigenvalue weighted by molar-refractivity contribution is 5.88. The maximum Gasteiger partial charge on any atom is 0.320 e. The topological polar surface area (TPSA) is 67.2 Å². The minimum atomic E-state index is -0.303. The zero-order valence-electron chi connectivity index (χ0n) is 11.9. The van der Waals surface area contributed by atoms with Crippen molar-refractivity contribution in [1.29, 1.82) is 0 Å². The molecule has 0 aliphatic carbocycles. The fraction of sp³-hybridized carbons (Fsp3) is 0.333. The molecule has 5 heteroatoms. The molecular formula is C15H19N3O2. The van der Waals surface area contributed by atoms with Gasteiger partial charge in [0.25, 0.3) is 0 Å². The zero-order chi connectivity index (χ0) is 14.6. The van der Waals surface area contributed by atoms with Crippen LogP contribution in [0.4, 0.5) is 10.6 Å². The summed E-state index contributed by atoms with van der Waals surface area (Å²) in [4.78, 5) is 11.7. The molecule has 0 unspecified atom stereocenters. The fourth-order valence-corrected chi connectivity index (χ4v) is 1.63. The average Bonchev–Trinajstić information content (AvgIpc) is 2.86. The van der Waals surface area contributed by atoms with Crippen LogP contribution in [-0.2, 0) is 12.0 Å². The molecule has 2 amide bonds. The predicted molar refractivity (Wildman–Crippen MR) is 77.5 cm³/mol. The second-order valence-electron chi connectivity index (χ2n) is 5.62. The number of carbonyl (C=O) groups is 1. The van der Waals surface area contributed by atoms with Gasteiger partial charge in [0.15, 0.2) is 5.82 Å². The summed E-state index contributed by atoms with van der Waals surface area (Å²) < 4.78 is 5.20. The summed E-state index contributed by atoms with van der Waals surface area (Å²) in [7, 11) is 0. The summed E-state index contributed by atoms with van der Waals surface area (Å²) in [6.07, 6.45) is 0. The molecule has 0 bridgehead atoms. The molecule has 1 aromatic carbocycles. The molecule has 1 aromatic heterocycles. The van der Waals surface area contributed by atoms with E-state index in [9.17, 15) is 4.79 Å². The van der Waals surface area contributed by atoms with Gasteiger partial charge in [-0.2, -0.15) is 0 Å². The van der Waals surface area contributed by atoms with Gasteiger partial charge < -0.3 is 9.84 Å². The first-order valence-corrected chi connectivity index (χ1v) is 6.51. The smallest absolute Gasteiger partial charge is 0.320 e. The van der Waals surface area contributed by atoms with E-state index in [-0.39, 0.29) is 11.4 Å². The number of aromatic nitrogens is 1. The number of rotatable bonds is 3. The third-order valence-corrected chi connectivity index (χ3v) is 2.79. The van der Waals surface area contributed by atoms with Crippen LogP contribution in [0.5, 0.6) is 0 Å². The van der Waals surface area contributed by atoms with Crippen molar-refractivity contribution in [1.82, 2.24) is 10.5 Å². The van der Waals surface area contributed by atoms with Crippen LogP contribution < -0.4 is 10.6 Å². The van der Waals surface area contributed by atoms with Gasteiger partial charge in [-0.3, -0.25) is 5.32 Å². The number of benzene rings is 1. The SMILES string of the molecule is CC(C)(C)c1cc(NC(=O)NCc2ccccc2)no1. The van der Waals surface area contributed by atoms with E-state index in [2.05, 4.69) is 15.8 Å². The summed E-state index contributed by atoms with van der Waals surface area (Å²) in [6.45, 7) is 6.53. The Morgan fingerprint density at radius 3 is 2.55 bits per heavy atom. The second-order valence-corrected chi connectivity index (χ2v) is 5.62. The molecule has 0 aliphatic rings. The van der Waals surface area contributed by atoms with Crippen LogP contribution in [0.15, 0.2) is 40.9 Å². The van der Waals surface area contributed by atoms with Gasteiger partial charge >= 0.3 is 6.03 Å². The Bertz CT molecular complexity index is 570. The number of anilines is 1. The summed E-state index contributed by atoms with van der Waals surface area (Å²) in [5.74, 6) is 1.15. The third-order valence-electron chi connectivity index (χ3n) is 2.79. The largest absolute Gasteiger partial charge is 0.359 e. The summed E-state index contributed by atoms with van der Waals surface area (Å²) in [5.41, 5.74) is 0.908. The lowest BCUT2D eigenvalue weighted by atomic mass is 9.93. The Balaban J connectivity index is 1.87. The number of urea groups is 1. The molecule has 0 spiro atoms. The predicted octanol–water partition coefficient (Wildman–Crippen LogP) is 3.29. The van der Waals surface area contributed by atoms with E-state index in [0.29, 0.717) is 12.4 Å². The molecule has 0 aliphatic heterocycles. The fourth-order valence-electron chi connectivity index (χ4n) is 1.63. The Labute approximate surface area is 118 Å². The van der Waals surface area contributed by atoms with Crippen LogP contribution in [0, 0.1) is 0 Å². The van der Waals surface area contributed by atoms with E-state index in [1.54, 1.807) is 6.07 Å². The van der Waals surface area contributed by atoms with Crippen LogP contribution in [0.25, 0.3) is 0 Å². The Morgan fingerprint density at radius 1 is 1.25 bits per heavy atom. The number of hydrogen-bond acceptors (Lipinski definition) is 3. The molecule has 2 aromatic rings. The van der Waals surface area contributed by atoms with E-state index >= 15 is 0 Å². The Morgan fingerprint density at radius 2 is 1.95 bits per heavy atom. The van der Waals surface area contributed by atoms with Crippen LogP contribution in [-0.4, -0.2) is 11.2 Å². The second kappa shape index (κ2) is 5.77. The zero-order valence-corrected chi connectivity index (χ0v) is 11.9.